The van der Waals surface area contributed by atoms with Crippen LogP contribution in [0.5, 0.6) is 0 Å². The Labute approximate surface area is 170 Å². The molecule has 0 unspecified atom stereocenters. The van der Waals surface area contributed by atoms with Gasteiger partial charge in [0, 0.05) is 41.8 Å². The first kappa shape index (κ1) is 19.4. The third kappa shape index (κ3) is 4.42. The first-order valence-electron chi connectivity index (χ1n) is 9.98. The zero-order valence-corrected chi connectivity index (χ0v) is 16.5. The summed E-state index contributed by atoms with van der Waals surface area (Å²) >= 11 is 0. The zero-order valence-electron chi connectivity index (χ0n) is 16.5. The van der Waals surface area contributed by atoms with E-state index in [0.29, 0.717) is 6.54 Å². The highest BCUT2D eigenvalue weighted by molar-refractivity contribution is 5.85. The molecular weight excluding hydrogens is 364 g/mol. The number of aliphatic hydroxyl groups excluding tert-OH is 1. The van der Waals surface area contributed by atoms with Gasteiger partial charge in [-0.1, -0.05) is 42.5 Å². The molecule has 1 aromatic heterocycles. The van der Waals surface area contributed by atoms with Crippen LogP contribution in [0.3, 0.4) is 0 Å². The minimum absolute atomic E-state index is 0.287. The van der Waals surface area contributed by atoms with Crippen LogP contribution in [-0.4, -0.2) is 44.8 Å². The standard InChI is InChI=1S/C24H26N2O3/c1-16-22(21-4-2-3-5-23(21)25-16)13-19-12-20(27)15-26(19)14-18-8-6-17(7-9-18)10-11-24(28)29/h2-11,19-20,25,27H,12-15H2,1H3,(H,28,29)/t19-,20+/m1/s1. The fourth-order valence-electron chi connectivity index (χ4n) is 4.33. The molecule has 1 saturated heterocycles. The van der Waals surface area contributed by atoms with Crippen LogP contribution in [0.4, 0.5) is 0 Å². The summed E-state index contributed by atoms with van der Waals surface area (Å²) in [6.45, 7) is 3.56. The molecule has 0 aliphatic carbocycles. The molecule has 3 aromatic rings. The van der Waals surface area contributed by atoms with Gasteiger partial charge in [-0.25, -0.2) is 4.79 Å². The van der Waals surface area contributed by atoms with Gasteiger partial charge in [0.05, 0.1) is 6.10 Å². The molecule has 2 heterocycles. The largest absolute Gasteiger partial charge is 0.478 e. The number of aliphatic carboxylic acids is 1. The van der Waals surface area contributed by atoms with Crippen molar-refractivity contribution in [2.24, 2.45) is 0 Å². The molecule has 1 aliphatic rings. The van der Waals surface area contributed by atoms with E-state index in [9.17, 15) is 9.90 Å². The Balaban J connectivity index is 1.49. The summed E-state index contributed by atoms with van der Waals surface area (Å²) in [6, 6.07) is 16.6. The van der Waals surface area contributed by atoms with E-state index in [-0.39, 0.29) is 12.1 Å². The SMILES string of the molecule is Cc1[nH]c2ccccc2c1C[C@H]1C[C@H](O)CN1Cc1ccc(C=CC(=O)O)cc1. The number of carboxylic acids is 1. The molecule has 1 aliphatic heterocycles. The zero-order chi connectivity index (χ0) is 20.4. The third-order valence-corrected chi connectivity index (χ3v) is 5.76. The number of aromatic nitrogens is 1. The van der Waals surface area contributed by atoms with Crippen molar-refractivity contribution in [1.82, 2.24) is 9.88 Å². The van der Waals surface area contributed by atoms with Crippen LogP contribution in [0, 0.1) is 6.92 Å². The van der Waals surface area contributed by atoms with Crippen molar-refractivity contribution in [3.8, 4) is 0 Å². The Morgan fingerprint density at radius 1 is 1.21 bits per heavy atom. The number of H-pyrrole nitrogens is 1. The Morgan fingerprint density at radius 3 is 2.72 bits per heavy atom. The molecule has 1 fully saturated rings. The molecule has 150 valence electrons. The summed E-state index contributed by atoms with van der Waals surface area (Å²) in [6.07, 6.45) is 4.12. The summed E-state index contributed by atoms with van der Waals surface area (Å²) in [4.78, 5) is 16.5. The van der Waals surface area contributed by atoms with Gasteiger partial charge in [0.15, 0.2) is 0 Å². The fraction of sp³-hybridized carbons (Fsp3) is 0.292. The summed E-state index contributed by atoms with van der Waals surface area (Å²) in [5.41, 5.74) is 5.71. The quantitative estimate of drug-likeness (QED) is 0.560. The highest BCUT2D eigenvalue weighted by atomic mass is 16.4. The average molecular weight is 390 g/mol. The summed E-state index contributed by atoms with van der Waals surface area (Å²) in [5.74, 6) is -0.949. The maximum Gasteiger partial charge on any atom is 0.328 e. The predicted molar refractivity (Wildman–Crippen MR) is 115 cm³/mol. The number of nitrogens with one attached hydrogen (secondary N) is 1. The number of nitrogens with zero attached hydrogens (tertiary/aromatic N) is 1. The van der Waals surface area contributed by atoms with Crippen LogP contribution in [0.25, 0.3) is 17.0 Å². The molecule has 0 bridgehead atoms. The van der Waals surface area contributed by atoms with Crippen molar-refractivity contribution in [1.29, 1.82) is 0 Å². The first-order chi connectivity index (χ1) is 14.0. The number of carbonyl (C=O) groups is 1. The molecule has 2 aromatic carbocycles. The van der Waals surface area contributed by atoms with Crippen molar-refractivity contribution >= 4 is 22.9 Å². The van der Waals surface area contributed by atoms with Gasteiger partial charge in [0.2, 0.25) is 0 Å². The number of aliphatic hydroxyl groups is 1. The molecule has 0 spiro atoms. The molecule has 5 nitrogen and oxygen atoms in total. The maximum atomic E-state index is 10.7. The summed E-state index contributed by atoms with van der Waals surface area (Å²) in [5, 5.41) is 20.3. The number of carboxylic acid groups (broad SMARTS) is 1. The summed E-state index contributed by atoms with van der Waals surface area (Å²) in [7, 11) is 0. The van der Waals surface area contributed by atoms with Crippen molar-refractivity contribution < 1.29 is 15.0 Å². The Morgan fingerprint density at radius 2 is 1.97 bits per heavy atom. The predicted octanol–water partition coefficient (Wildman–Crippen LogP) is 3.75. The number of aromatic amines is 1. The Hall–Kier alpha value is -2.89. The van der Waals surface area contributed by atoms with E-state index in [1.165, 1.54) is 16.6 Å². The molecule has 0 amide bonds. The van der Waals surface area contributed by atoms with Gasteiger partial charge in [-0.2, -0.15) is 0 Å². The van der Waals surface area contributed by atoms with Gasteiger partial charge in [-0.05, 0) is 48.6 Å². The van der Waals surface area contributed by atoms with Crippen molar-refractivity contribution in [3.63, 3.8) is 0 Å². The van der Waals surface area contributed by atoms with Gasteiger partial charge < -0.3 is 15.2 Å². The normalized spacial score (nSPS) is 20.1. The van der Waals surface area contributed by atoms with Crippen LogP contribution in [0.1, 0.15) is 28.8 Å². The fourth-order valence-corrected chi connectivity index (χ4v) is 4.33. The van der Waals surface area contributed by atoms with E-state index in [1.54, 1.807) is 6.08 Å². The number of β-amino-alcohol motifs (C(OH)–C–C–N with tert-alkyl or cyclic N) is 1. The second-order valence-corrected chi connectivity index (χ2v) is 7.86. The minimum Gasteiger partial charge on any atom is -0.478 e. The number of likely N-dealkylation sites (tertiary alicyclic amines) is 1. The smallest absolute Gasteiger partial charge is 0.328 e. The molecular formula is C24H26N2O3. The lowest BCUT2D eigenvalue weighted by molar-refractivity contribution is -0.131. The Bertz CT molecular complexity index is 1040. The van der Waals surface area contributed by atoms with E-state index >= 15 is 0 Å². The molecule has 0 radical (unpaired) electrons. The molecule has 5 heteroatoms. The Kier molecular flexibility index (Phi) is 5.51. The second kappa shape index (κ2) is 8.23. The molecule has 2 atom stereocenters. The lowest BCUT2D eigenvalue weighted by Crippen LogP contribution is -2.31. The molecule has 4 rings (SSSR count). The number of para-hydroxylation sites is 1. The van der Waals surface area contributed by atoms with Crippen LogP contribution in [0.15, 0.2) is 54.6 Å². The van der Waals surface area contributed by atoms with Gasteiger partial charge in [-0.15, -0.1) is 0 Å². The monoisotopic (exact) mass is 390 g/mol. The van der Waals surface area contributed by atoms with Gasteiger partial charge in [-0.3, -0.25) is 4.90 Å². The van der Waals surface area contributed by atoms with E-state index < -0.39 is 5.97 Å². The van der Waals surface area contributed by atoms with Crippen LogP contribution < -0.4 is 0 Å². The van der Waals surface area contributed by atoms with E-state index in [4.69, 9.17) is 5.11 Å². The lowest BCUT2D eigenvalue weighted by atomic mass is 10.00. The van der Waals surface area contributed by atoms with Crippen molar-refractivity contribution in [3.05, 3.63) is 77.0 Å². The lowest BCUT2D eigenvalue weighted by Gasteiger charge is -2.24. The minimum atomic E-state index is -0.949. The van der Waals surface area contributed by atoms with Crippen LogP contribution in [0.2, 0.25) is 0 Å². The van der Waals surface area contributed by atoms with Crippen molar-refractivity contribution in [2.45, 2.75) is 38.5 Å². The third-order valence-electron chi connectivity index (χ3n) is 5.76. The first-order valence-corrected chi connectivity index (χ1v) is 9.98. The number of rotatable bonds is 6. The van der Waals surface area contributed by atoms with Gasteiger partial charge in [0.25, 0.3) is 0 Å². The van der Waals surface area contributed by atoms with Crippen LogP contribution >= 0.6 is 0 Å². The maximum absolute atomic E-state index is 10.7. The molecule has 0 saturated carbocycles. The van der Waals surface area contributed by atoms with Crippen LogP contribution in [-0.2, 0) is 17.8 Å². The summed E-state index contributed by atoms with van der Waals surface area (Å²) < 4.78 is 0. The highest BCUT2D eigenvalue weighted by Crippen LogP contribution is 2.29. The van der Waals surface area contributed by atoms with Crippen molar-refractivity contribution in [2.75, 3.05) is 6.54 Å². The topological polar surface area (TPSA) is 76.6 Å². The second-order valence-electron chi connectivity index (χ2n) is 7.86. The van der Waals surface area contributed by atoms with Gasteiger partial charge in [0.1, 0.15) is 0 Å². The average Bonchev–Trinajstić information content (AvgIpc) is 3.20. The van der Waals surface area contributed by atoms with E-state index in [2.05, 4.69) is 35.0 Å². The number of fused-ring (bicyclic) bond motifs is 1. The number of hydrogen-bond donors (Lipinski definition) is 3. The van der Waals surface area contributed by atoms with E-state index in [1.807, 2.05) is 30.3 Å². The van der Waals surface area contributed by atoms with Gasteiger partial charge >= 0.3 is 5.97 Å². The molecule has 29 heavy (non-hydrogen) atoms. The molecule has 3 N–H and O–H groups in total. The number of hydrogen-bond acceptors (Lipinski definition) is 3. The number of benzene rings is 2. The number of aryl methyl sites for hydroxylation is 1. The van der Waals surface area contributed by atoms with E-state index in [0.717, 1.165) is 42.1 Å². The highest BCUT2D eigenvalue weighted by Gasteiger charge is 2.31.